The van der Waals surface area contributed by atoms with Gasteiger partial charge in [0.2, 0.25) is 5.91 Å². The summed E-state index contributed by atoms with van der Waals surface area (Å²) in [5.74, 6) is -0.0425. The van der Waals surface area contributed by atoms with Gasteiger partial charge in [0.15, 0.2) is 11.5 Å². The van der Waals surface area contributed by atoms with Crippen molar-refractivity contribution in [2.24, 2.45) is 0 Å². The molecule has 108 valence electrons. The van der Waals surface area contributed by atoms with Crippen molar-refractivity contribution in [3.05, 3.63) is 39.5 Å². The van der Waals surface area contributed by atoms with Crippen LogP contribution in [0.5, 0.6) is 0 Å². The number of carbonyl (C=O) groups is 1. The van der Waals surface area contributed by atoms with Gasteiger partial charge in [0.05, 0.1) is 6.33 Å². The number of hydrogen-bond acceptors (Lipinski definition) is 5. The molecule has 0 saturated carbocycles. The fourth-order valence-electron chi connectivity index (χ4n) is 2.03. The van der Waals surface area contributed by atoms with Crippen LogP contribution in [0.2, 0.25) is 0 Å². The zero-order chi connectivity index (χ0) is 15.4. The van der Waals surface area contributed by atoms with Crippen molar-refractivity contribution in [1.29, 1.82) is 5.26 Å². The maximum absolute atomic E-state index is 11.9. The fourth-order valence-corrected chi connectivity index (χ4v) is 2.03. The molecule has 2 heterocycles. The lowest BCUT2D eigenvalue weighted by atomic mass is 10.1. The van der Waals surface area contributed by atoms with E-state index < -0.39 is 5.69 Å². The number of aromatic nitrogens is 4. The molecule has 2 aromatic heterocycles. The summed E-state index contributed by atoms with van der Waals surface area (Å²) in [6, 6.07) is 1.90. The molecule has 0 unspecified atom stereocenters. The van der Waals surface area contributed by atoms with Gasteiger partial charge in [0.1, 0.15) is 6.07 Å². The molecular formula is C13H14N6O2. The third kappa shape index (κ3) is 3.33. The van der Waals surface area contributed by atoms with Gasteiger partial charge in [-0.25, -0.2) is 9.78 Å². The highest BCUT2D eigenvalue weighted by molar-refractivity contribution is 5.90. The average molecular weight is 286 g/mol. The van der Waals surface area contributed by atoms with Gasteiger partial charge in [-0.05, 0) is 25.8 Å². The maximum Gasteiger partial charge on any atom is 0.345 e. The van der Waals surface area contributed by atoms with Crippen LogP contribution in [0, 0.1) is 25.2 Å². The van der Waals surface area contributed by atoms with Crippen LogP contribution in [0.15, 0.2) is 11.1 Å². The molecule has 0 fully saturated rings. The fraction of sp³-hybridized carbons (Fsp3) is 0.308. The molecule has 3 N–H and O–H groups in total. The maximum atomic E-state index is 11.9. The van der Waals surface area contributed by atoms with Crippen LogP contribution in [0.4, 0.5) is 5.82 Å². The van der Waals surface area contributed by atoms with Crippen molar-refractivity contribution in [1.82, 2.24) is 19.9 Å². The van der Waals surface area contributed by atoms with Crippen molar-refractivity contribution < 1.29 is 4.79 Å². The number of amides is 1. The third-order valence-electron chi connectivity index (χ3n) is 3.06. The Balaban J connectivity index is 2.02. The van der Waals surface area contributed by atoms with E-state index in [0.717, 1.165) is 5.56 Å². The van der Waals surface area contributed by atoms with Crippen LogP contribution in [-0.2, 0) is 11.2 Å². The molecule has 2 rings (SSSR count). The van der Waals surface area contributed by atoms with E-state index in [0.29, 0.717) is 17.8 Å². The first kappa shape index (κ1) is 14.5. The molecule has 0 aliphatic heterocycles. The van der Waals surface area contributed by atoms with Crippen LogP contribution in [0.3, 0.4) is 0 Å². The Morgan fingerprint density at radius 2 is 2.24 bits per heavy atom. The van der Waals surface area contributed by atoms with E-state index in [2.05, 4.69) is 25.3 Å². The third-order valence-corrected chi connectivity index (χ3v) is 3.06. The summed E-state index contributed by atoms with van der Waals surface area (Å²) in [7, 11) is 0. The number of aryl methyl sites for hydroxylation is 2. The highest BCUT2D eigenvalue weighted by Gasteiger charge is 2.12. The summed E-state index contributed by atoms with van der Waals surface area (Å²) < 4.78 is 0. The van der Waals surface area contributed by atoms with Crippen molar-refractivity contribution in [3.63, 3.8) is 0 Å². The van der Waals surface area contributed by atoms with E-state index in [9.17, 15) is 9.59 Å². The van der Waals surface area contributed by atoms with Crippen molar-refractivity contribution in [3.8, 4) is 6.07 Å². The van der Waals surface area contributed by atoms with E-state index in [-0.39, 0.29) is 23.8 Å². The minimum atomic E-state index is -0.395. The molecule has 8 nitrogen and oxygen atoms in total. The molecular weight excluding hydrogens is 272 g/mol. The van der Waals surface area contributed by atoms with Gasteiger partial charge >= 0.3 is 5.69 Å². The lowest BCUT2D eigenvalue weighted by Crippen LogP contribution is -2.18. The molecule has 1 amide bonds. The normalized spacial score (nSPS) is 10.1. The Labute approximate surface area is 120 Å². The van der Waals surface area contributed by atoms with Crippen LogP contribution in [0.25, 0.3) is 0 Å². The monoisotopic (exact) mass is 286 g/mol. The van der Waals surface area contributed by atoms with Gasteiger partial charge in [0.25, 0.3) is 0 Å². The Morgan fingerprint density at radius 3 is 2.90 bits per heavy atom. The number of anilines is 1. The molecule has 8 heteroatoms. The van der Waals surface area contributed by atoms with Crippen molar-refractivity contribution >= 4 is 11.7 Å². The van der Waals surface area contributed by atoms with Gasteiger partial charge in [0, 0.05) is 17.8 Å². The minimum Gasteiger partial charge on any atom is -0.335 e. The minimum absolute atomic E-state index is 0.202. The highest BCUT2D eigenvalue weighted by atomic mass is 16.1. The van der Waals surface area contributed by atoms with Gasteiger partial charge in [-0.15, -0.1) is 0 Å². The zero-order valence-electron chi connectivity index (χ0n) is 11.6. The molecule has 0 aliphatic carbocycles. The number of nitrogens with one attached hydrogen (secondary N) is 3. The van der Waals surface area contributed by atoms with Crippen LogP contribution in [-0.4, -0.2) is 25.8 Å². The van der Waals surface area contributed by atoms with Crippen LogP contribution in [0.1, 0.15) is 29.1 Å². The zero-order valence-corrected chi connectivity index (χ0v) is 11.6. The standard InChI is InChI=1S/C13H14N6O2/c1-7-9(8(2)18-13(21)17-7)3-4-11(20)19-12-10(5-14)15-6-16-12/h6H,3-4H2,1-2H3,(H,15,16)(H,19,20)(H,17,18,21). The second-order valence-electron chi connectivity index (χ2n) is 4.52. The van der Waals surface area contributed by atoms with Crippen LogP contribution < -0.4 is 11.0 Å². The number of imidazole rings is 1. The van der Waals surface area contributed by atoms with Gasteiger partial charge < -0.3 is 15.3 Å². The molecule has 21 heavy (non-hydrogen) atoms. The first-order valence-corrected chi connectivity index (χ1v) is 6.31. The number of rotatable bonds is 4. The summed E-state index contributed by atoms with van der Waals surface area (Å²) in [5, 5.41) is 11.4. The molecule has 0 aliphatic rings. The predicted molar refractivity (Wildman–Crippen MR) is 74.6 cm³/mol. The highest BCUT2D eigenvalue weighted by Crippen LogP contribution is 2.12. The lowest BCUT2D eigenvalue weighted by molar-refractivity contribution is -0.116. The summed E-state index contributed by atoms with van der Waals surface area (Å²) in [5.41, 5.74) is 1.97. The van der Waals surface area contributed by atoms with E-state index in [1.165, 1.54) is 6.33 Å². The number of aromatic amines is 2. The second kappa shape index (κ2) is 6.00. The molecule has 0 spiro atoms. The SMILES string of the molecule is Cc1nc(=O)[nH]c(C)c1CCC(=O)Nc1nc[nH]c1C#N. The van der Waals surface area contributed by atoms with Crippen LogP contribution >= 0.6 is 0 Å². The van der Waals surface area contributed by atoms with Crippen molar-refractivity contribution in [2.75, 3.05) is 5.32 Å². The molecule has 0 saturated heterocycles. The van der Waals surface area contributed by atoms with E-state index in [1.54, 1.807) is 13.8 Å². The molecule has 0 aromatic carbocycles. The Morgan fingerprint density at radius 1 is 1.48 bits per heavy atom. The Bertz CT molecular complexity index is 741. The molecule has 2 aromatic rings. The number of nitriles is 1. The first-order valence-electron chi connectivity index (χ1n) is 6.31. The molecule has 0 radical (unpaired) electrons. The molecule has 0 atom stereocenters. The average Bonchev–Trinajstić information content (AvgIpc) is 2.84. The Kier molecular flexibility index (Phi) is 4.13. The number of H-pyrrole nitrogens is 2. The van der Waals surface area contributed by atoms with Gasteiger partial charge in [-0.1, -0.05) is 0 Å². The van der Waals surface area contributed by atoms with Gasteiger partial charge in [-0.2, -0.15) is 10.2 Å². The van der Waals surface area contributed by atoms with Gasteiger partial charge in [-0.3, -0.25) is 4.79 Å². The predicted octanol–water partition coefficient (Wildman–Crippen LogP) is 0.553. The molecule has 0 bridgehead atoms. The van der Waals surface area contributed by atoms with E-state index in [1.807, 2.05) is 6.07 Å². The lowest BCUT2D eigenvalue weighted by Gasteiger charge is -2.08. The Hall–Kier alpha value is -2.95. The summed E-state index contributed by atoms with van der Waals surface area (Å²) >= 11 is 0. The second-order valence-corrected chi connectivity index (χ2v) is 4.52. The smallest absolute Gasteiger partial charge is 0.335 e. The van der Waals surface area contributed by atoms with Crippen molar-refractivity contribution in [2.45, 2.75) is 26.7 Å². The number of nitrogens with zero attached hydrogens (tertiary/aromatic N) is 3. The number of hydrogen-bond donors (Lipinski definition) is 3. The first-order chi connectivity index (χ1) is 10.0. The van der Waals surface area contributed by atoms with E-state index in [4.69, 9.17) is 5.26 Å². The number of carbonyl (C=O) groups excluding carboxylic acids is 1. The summed E-state index contributed by atoms with van der Waals surface area (Å²) in [6.07, 6.45) is 1.99. The quantitative estimate of drug-likeness (QED) is 0.756. The van der Waals surface area contributed by atoms with E-state index >= 15 is 0 Å². The summed E-state index contributed by atoms with van der Waals surface area (Å²) in [6.45, 7) is 3.50. The topological polar surface area (TPSA) is 127 Å². The largest absolute Gasteiger partial charge is 0.345 e. The summed E-state index contributed by atoms with van der Waals surface area (Å²) in [4.78, 5) is 36.0.